The van der Waals surface area contributed by atoms with Crippen LogP contribution in [0.25, 0.3) is 0 Å². The number of hydrogen-bond acceptors (Lipinski definition) is 5. The van der Waals surface area contributed by atoms with Crippen molar-refractivity contribution in [3.63, 3.8) is 0 Å². The van der Waals surface area contributed by atoms with Crippen molar-refractivity contribution in [1.82, 2.24) is 0 Å². The molecule has 0 radical (unpaired) electrons. The van der Waals surface area contributed by atoms with Crippen LogP contribution in [0.15, 0.2) is 18.2 Å². The van der Waals surface area contributed by atoms with Crippen molar-refractivity contribution in [2.24, 2.45) is 0 Å². The standard InChI is InChI=1S/C15H20N2O4S/c1-10(22-12-5-3-4-6-12)15(18)16-13-9-11(17(19)20)7-8-14(13)21-2/h7-10,12H,3-6H2,1-2H3,(H,16,18)/t10-/m1/s1. The first-order valence-corrected chi connectivity index (χ1v) is 8.24. The highest BCUT2D eigenvalue weighted by Gasteiger charge is 2.23. The van der Waals surface area contributed by atoms with E-state index in [4.69, 9.17) is 4.74 Å². The van der Waals surface area contributed by atoms with Crippen LogP contribution in [-0.4, -0.2) is 28.4 Å². The third-order valence-corrected chi connectivity index (χ3v) is 5.20. The summed E-state index contributed by atoms with van der Waals surface area (Å²) in [4.78, 5) is 22.6. The first kappa shape index (κ1) is 16.6. The Balaban J connectivity index is 2.05. The van der Waals surface area contributed by atoms with Crippen LogP contribution >= 0.6 is 11.8 Å². The summed E-state index contributed by atoms with van der Waals surface area (Å²) in [6.07, 6.45) is 4.76. The van der Waals surface area contributed by atoms with Gasteiger partial charge >= 0.3 is 0 Å². The molecule has 6 nitrogen and oxygen atoms in total. The molecule has 0 bridgehead atoms. The summed E-state index contributed by atoms with van der Waals surface area (Å²) < 4.78 is 5.15. The smallest absolute Gasteiger partial charge is 0.271 e. The molecule has 1 N–H and O–H groups in total. The highest BCUT2D eigenvalue weighted by Crippen LogP contribution is 2.34. The van der Waals surface area contributed by atoms with Crippen molar-refractivity contribution in [2.45, 2.75) is 43.1 Å². The van der Waals surface area contributed by atoms with Gasteiger partial charge in [-0.1, -0.05) is 12.8 Å². The third kappa shape index (κ3) is 4.13. The number of benzene rings is 1. The highest BCUT2D eigenvalue weighted by molar-refractivity contribution is 8.01. The fraction of sp³-hybridized carbons (Fsp3) is 0.533. The van der Waals surface area contributed by atoms with Gasteiger partial charge in [-0.3, -0.25) is 14.9 Å². The molecule has 0 aromatic heterocycles. The Kier molecular flexibility index (Phi) is 5.65. The number of hydrogen-bond donors (Lipinski definition) is 1. The Hall–Kier alpha value is -1.76. The van der Waals surface area contributed by atoms with E-state index < -0.39 is 4.92 Å². The Morgan fingerprint density at radius 1 is 1.45 bits per heavy atom. The van der Waals surface area contributed by atoms with Crippen LogP contribution in [0.1, 0.15) is 32.6 Å². The maximum atomic E-state index is 12.3. The van der Waals surface area contributed by atoms with Gasteiger partial charge in [-0.05, 0) is 25.8 Å². The van der Waals surface area contributed by atoms with Gasteiger partial charge in [0.05, 0.1) is 23.0 Å². The minimum atomic E-state index is -0.494. The number of nitrogens with zero attached hydrogens (tertiary/aromatic N) is 1. The predicted molar refractivity (Wildman–Crippen MR) is 87.6 cm³/mol. The second-order valence-corrected chi connectivity index (χ2v) is 6.96. The number of nitro benzene ring substituents is 1. The van der Waals surface area contributed by atoms with Gasteiger partial charge in [0.15, 0.2) is 0 Å². The second kappa shape index (κ2) is 7.49. The lowest BCUT2D eigenvalue weighted by atomic mass is 10.2. The summed E-state index contributed by atoms with van der Waals surface area (Å²) in [5.74, 6) is 0.257. The lowest BCUT2D eigenvalue weighted by Crippen LogP contribution is -2.24. The molecule has 1 aromatic carbocycles. The molecule has 0 unspecified atom stereocenters. The molecule has 1 fully saturated rings. The number of anilines is 1. The minimum absolute atomic E-state index is 0.0767. The molecule has 0 heterocycles. The molecule has 1 saturated carbocycles. The fourth-order valence-electron chi connectivity index (χ4n) is 2.52. The number of thioether (sulfide) groups is 1. The van der Waals surface area contributed by atoms with Crippen LogP contribution in [0, 0.1) is 10.1 Å². The normalized spacial score (nSPS) is 16.3. The Bertz CT molecular complexity index is 558. The molecule has 0 aliphatic heterocycles. The van der Waals surface area contributed by atoms with Crippen LogP contribution in [-0.2, 0) is 4.79 Å². The molecule has 2 rings (SSSR count). The number of nitrogens with one attached hydrogen (secondary N) is 1. The van der Waals surface area contributed by atoms with E-state index in [2.05, 4.69) is 5.32 Å². The topological polar surface area (TPSA) is 81.5 Å². The van der Waals surface area contributed by atoms with E-state index in [1.165, 1.54) is 38.2 Å². The number of carbonyl (C=O) groups excluding carboxylic acids is 1. The van der Waals surface area contributed by atoms with Crippen molar-refractivity contribution in [3.05, 3.63) is 28.3 Å². The Morgan fingerprint density at radius 2 is 2.14 bits per heavy atom. The third-order valence-electron chi connectivity index (χ3n) is 3.72. The molecular formula is C15H20N2O4S. The molecule has 1 atom stereocenters. The van der Waals surface area contributed by atoms with Crippen molar-refractivity contribution in [2.75, 3.05) is 12.4 Å². The predicted octanol–water partition coefficient (Wildman–Crippen LogP) is 3.61. The second-order valence-electron chi connectivity index (χ2n) is 5.32. The summed E-state index contributed by atoms with van der Waals surface area (Å²) in [5.41, 5.74) is 0.257. The van der Waals surface area contributed by atoms with Crippen molar-refractivity contribution >= 4 is 29.0 Å². The maximum Gasteiger partial charge on any atom is 0.271 e. The van der Waals surface area contributed by atoms with E-state index in [9.17, 15) is 14.9 Å². The first-order chi connectivity index (χ1) is 10.5. The summed E-state index contributed by atoms with van der Waals surface area (Å²) in [5, 5.41) is 13.9. The van der Waals surface area contributed by atoms with Crippen LogP contribution < -0.4 is 10.1 Å². The van der Waals surface area contributed by atoms with E-state index in [1.807, 2.05) is 6.92 Å². The molecule has 1 aliphatic rings. The van der Waals surface area contributed by atoms with Gasteiger partial charge in [0.1, 0.15) is 5.75 Å². The zero-order valence-electron chi connectivity index (χ0n) is 12.7. The van der Waals surface area contributed by atoms with E-state index in [-0.39, 0.29) is 16.8 Å². The number of nitro groups is 1. The average Bonchev–Trinajstić information content (AvgIpc) is 2.99. The van der Waals surface area contributed by atoms with Gasteiger partial charge in [-0.15, -0.1) is 11.8 Å². The van der Waals surface area contributed by atoms with Crippen LogP contribution in [0.4, 0.5) is 11.4 Å². The quantitative estimate of drug-likeness (QED) is 0.638. The van der Waals surface area contributed by atoms with Crippen LogP contribution in [0.5, 0.6) is 5.75 Å². The van der Waals surface area contributed by atoms with E-state index >= 15 is 0 Å². The van der Waals surface area contributed by atoms with Gasteiger partial charge < -0.3 is 10.1 Å². The van der Waals surface area contributed by atoms with Crippen LogP contribution in [0.2, 0.25) is 0 Å². The van der Waals surface area contributed by atoms with Crippen molar-refractivity contribution in [3.8, 4) is 5.75 Å². The van der Waals surface area contributed by atoms with Crippen LogP contribution in [0.3, 0.4) is 0 Å². The average molecular weight is 324 g/mol. The highest BCUT2D eigenvalue weighted by atomic mass is 32.2. The Morgan fingerprint density at radius 3 is 2.73 bits per heavy atom. The molecule has 0 spiro atoms. The summed E-state index contributed by atoms with van der Waals surface area (Å²) >= 11 is 1.67. The number of methoxy groups -OCH3 is 1. The van der Waals surface area contributed by atoms with Crippen molar-refractivity contribution in [1.29, 1.82) is 0 Å². The minimum Gasteiger partial charge on any atom is -0.495 e. The van der Waals surface area contributed by atoms with E-state index in [1.54, 1.807) is 11.8 Å². The molecule has 1 aromatic rings. The molecule has 1 amide bonds. The number of rotatable bonds is 6. The van der Waals surface area contributed by atoms with E-state index in [0.717, 1.165) is 12.8 Å². The largest absolute Gasteiger partial charge is 0.495 e. The summed E-state index contributed by atoms with van der Waals surface area (Å²) in [6.45, 7) is 1.86. The molecule has 120 valence electrons. The SMILES string of the molecule is COc1ccc([N+](=O)[O-])cc1NC(=O)[C@@H](C)SC1CCCC1. The summed E-state index contributed by atoms with van der Waals surface area (Å²) in [6, 6.07) is 4.16. The summed E-state index contributed by atoms with van der Waals surface area (Å²) in [7, 11) is 1.47. The van der Waals surface area contributed by atoms with Crippen molar-refractivity contribution < 1.29 is 14.5 Å². The van der Waals surface area contributed by atoms with E-state index in [0.29, 0.717) is 16.7 Å². The molecule has 0 saturated heterocycles. The lowest BCUT2D eigenvalue weighted by molar-refractivity contribution is -0.384. The number of amides is 1. The van der Waals surface area contributed by atoms with Gasteiger partial charge in [-0.2, -0.15) is 0 Å². The lowest BCUT2D eigenvalue weighted by Gasteiger charge is -2.17. The van der Waals surface area contributed by atoms with Gasteiger partial charge in [0.2, 0.25) is 5.91 Å². The Labute approximate surface area is 133 Å². The number of carbonyl (C=O) groups is 1. The monoisotopic (exact) mass is 324 g/mol. The molecule has 7 heteroatoms. The fourth-order valence-corrected chi connectivity index (χ4v) is 3.88. The zero-order chi connectivity index (χ0) is 16.1. The number of ether oxygens (including phenoxy) is 1. The van der Waals surface area contributed by atoms with Gasteiger partial charge in [0.25, 0.3) is 5.69 Å². The van der Waals surface area contributed by atoms with Gasteiger partial charge in [-0.25, -0.2) is 0 Å². The first-order valence-electron chi connectivity index (χ1n) is 7.30. The zero-order valence-corrected chi connectivity index (χ0v) is 13.5. The number of non-ortho nitro benzene ring substituents is 1. The molecule has 22 heavy (non-hydrogen) atoms. The molecular weight excluding hydrogens is 304 g/mol. The van der Waals surface area contributed by atoms with Gasteiger partial charge in [0, 0.05) is 17.4 Å². The molecule has 1 aliphatic carbocycles. The maximum absolute atomic E-state index is 12.3.